The predicted octanol–water partition coefficient (Wildman–Crippen LogP) is 2.68. The summed E-state index contributed by atoms with van der Waals surface area (Å²) in [5, 5.41) is 3.34. The van der Waals surface area contributed by atoms with Crippen LogP contribution in [0.25, 0.3) is 0 Å². The molecule has 1 N–H and O–H groups in total. The Morgan fingerprint density at radius 1 is 1.40 bits per heavy atom. The van der Waals surface area contributed by atoms with Crippen molar-refractivity contribution in [3.05, 3.63) is 29.3 Å². The molecule has 2 rings (SSSR count). The Bertz CT molecular complexity index is 346. The molecule has 1 aromatic carbocycles. The second-order valence-electron chi connectivity index (χ2n) is 4.41. The van der Waals surface area contributed by atoms with E-state index >= 15 is 0 Å². The van der Waals surface area contributed by atoms with Crippen molar-refractivity contribution < 1.29 is 4.74 Å². The van der Waals surface area contributed by atoms with E-state index < -0.39 is 0 Å². The lowest BCUT2D eigenvalue weighted by Gasteiger charge is -2.13. The average molecular weight is 205 g/mol. The predicted molar refractivity (Wildman–Crippen MR) is 62.3 cm³/mol. The summed E-state index contributed by atoms with van der Waals surface area (Å²) in [5.41, 5.74) is 2.88. The maximum atomic E-state index is 5.69. The average Bonchev–Trinajstić information content (AvgIpc) is 2.58. The van der Waals surface area contributed by atoms with Gasteiger partial charge in [-0.25, -0.2) is 0 Å². The number of benzene rings is 1. The van der Waals surface area contributed by atoms with Gasteiger partial charge in [0.1, 0.15) is 5.75 Å². The van der Waals surface area contributed by atoms with Gasteiger partial charge >= 0.3 is 0 Å². The fourth-order valence-electron chi connectivity index (χ4n) is 2.24. The zero-order chi connectivity index (χ0) is 10.8. The van der Waals surface area contributed by atoms with Crippen LogP contribution in [0, 0.1) is 0 Å². The molecule has 1 aromatic rings. The molecule has 2 nitrogen and oxygen atoms in total. The van der Waals surface area contributed by atoms with Crippen LogP contribution in [0.5, 0.6) is 5.75 Å². The van der Waals surface area contributed by atoms with Gasteiger partial charge in [-0.05, 0) is 57.0 Å². The first-order chi connectivity index (χ1) is 7.20. The first kappa shape index (κ1) is 10.5. The van der Waals surface area contributed by atoms with E-state index in [9.17, 15) is 0 Å². The molecule has 0 bridgehead atoms. The van der Waals surface area contributed by atoms with Crippen LogP contribution >= 0.6 is 0 Å². The Balaban J connectivity index is 2.21. The largest absolute Gasteiger partial charge is 0.491 e. The van der Waals surface area contributed by atoms with Crippen molar-refractivity contribution in [2.24, 2.45) is 0 Å². The van der Waals surface area contributed by atoms with Gasteiger partial charge in [0.2, 0.25) is 0 Å². The summed E-state index contributed by atoms with van der Waals surface area (Å²) in [5.74, 6) is 1.00. The minimum atomic E-state index is 0.254. The summed E-state index contributed by atoms with van der Waals surface area (Å²) in [6.07, 6.45) is 2.62. The molecule has 0 aliphatic heterocycles. The second-order valence-corrected chi connectivity index (χ2v) is 4.41. The lowest BCUT2D eigenvalue weighted by molar-refractivity contribution is 0.242. The quantitative estimate of drug-likeness (QED) is 0.819. The molecular formula is C13H19NO. The lowest BCUT2D eigenvalue weighted by Crippen LogP contribution is -2.12. The standard InChI is InChI=1S/C13H19NO/c1-9(2)15-11-5-6-12-10(8-11)4-7-13(12)14-3/h5-6,8-9,13-14H,4,7H2,1-3H3. The molecule has 0 amide bonds. The van der Waals surface area contributed by atoms with Crippen LogP contribution in [-0.2, 0) is 6.42 Å². The third-order valence-electron chi connectivity index (χ3n) is 2.91. The van der Waals surface area contributed by atoms with Crippen molar-refractivity contribution in [1.29, 1.82) is 0 Å². The Labute approximate surface area is 91.6 Å². The van der Waals surface area contributed by atoms with E-state index in [1.807, 2.05) is 7.05 Å². The molecule has 0 aromatic heterocycles. The molecule has 1 aliphatic carbocycles. The Hall–Kier alpha value is -1.02. The van der Waals surface area contributed by atoms with Crippen LogP contribution in [0.3, 0.4) is 0 Å². The summed E-state index contributed by atoms with van der Waals surface area (Å²) in [6, 6.07) is 7.00. The minimum Gasteiger partial charge on any atom is -0.491 e. The van der Waals surface area contributed by atoms with Crippen LogP contribution in [-0.4, -0.2) is 13.2 Å². The normalized spacial score (nSPS) is 19.3. The second kappa shape index (κ2) is 4.23. The van der Waals surface area contributed by atoms with Crippen molar-refractivity contribution in [1.82, 2.24) is 5.32 Å². The van der Waals surface area contributed by atoms with E-state index in [1.165, 1.54) is 17.5 Å². The van der Waals surface area contributed by atoms with Crippen LogP contribution in [0.2, 0.25) is 0 Å². The lowest BCUT2D eigenvalue weighted by atomic mass is 10.1. The van der Waals surface area contributed by atoms with E-state index in [2.05, 4.69) is 37.4 Å². The zero-order valence-electron chi connectivity index (χ0n) is 9.71. The van der Waals surface area contributed by atoms with Crippen LogP contribution in [0.1, 0.15) is 37.4 Å². The summed E-state index contributed by atoms with van der Waals surface area (Å²) in [4.78, 5) is 0. The van der Waals surface area contributed by atoms with Crippen LogP contribution < -0.4 is 10.1 Å². The van der Waals surface area contributed by atoms with Crippen molar-refractivity contribution >= 4 is 0 Å². The topological polar surface area (TPSA) is 21.3 Å². The van der Waals surface area contributed by atoms with Gasteiger partial charge in [0, 0.05) is 6.04 Å². The van der Waals surface area contributed by atoms with E-state index in [4.69, 9.17) is 4.74 Å². The van der Waals surface area contributed by atoms with Crippen molar-refractivity contribution in [3.8, 4) is 5.75 Å². The number of ether oxygens (including phenoxy) is 1. The number of nitrogens with one attached hydrogen (secondary N) is 1. The van der Waals surface area contributed by atoms with Gasteiger partial charge in [0.15, 0.2) is 0 Å². The van der Waals surface area contributed by atoms with E-state index in [0.29, 0.717) is 6.04 Å². The fraction of sp³-hybridized carbons (Fsp3) is 0.538. The number of aryl methyl sites for hydroxylation is 1. The number of rotatable bonds is 3. The summed E-state index contributed by atoms with van der Waals surface area (Å²) in [7, 11) is 2.03. The molecule has 0 saturated heterocycles. The summed E-state index contributed by atoms with van der Waals surface area (Å²) in [6.45, 7) is 4.12. The first-order valence-electron chi connectivity index (χ1n) is 5.67. The Morgan fingerprint density at radius 2 is 2.20 bits per heavy atom. The molecule has 1 unspecified atom stereocenters. The number of hydrogen-bond acceptors (Lipinski definition) is 2. The summed E-state index contributed by atoms with van der Waals surface area (Å²) >= 11 is 0. The van der Waals surface area contributed by atoms with Gasteiger partial charge in [0.05, 0.1) is 6.10 Å². The van der Waals surface area contributed by atoms with Gasteiger partial charge in [-0.2, -0.15) is 0 Å². The smallest absolute Gasteiger partial charge is 0.119 e. The molecule has 82 valence electrons. The molecule has 15 heavy (non-hydrogen) atoms. The zero-order valence-corrected chi connectivity index (χ0v) is 9.71. The molecule has 0 fully saturated rings. The van der Waals surface area contributed by atoms with Crippen LogP contribution in [0.15, 0.2) is 18.2 Å². The Morgan fingerprint density at radius 3 is 2.87 bits per heavy atom. The molecule has 0 heterocycles. The van der Waals surface area contributed by atoms with Gasteiger partial charge in [-0.1, -0.05) is 6.07 Å². The highest BCUT2D eigenvalue weighted by atomic mass is 16.5. The Kier molecular flexibility index (Phi) is 2.96. The van der Waals surface area contributed by atoms with Crippen molar-refractivity contribution in [2.45, 2.75) is 38.8 Å². The van der Waals surface area contributed by atoms with Gasteiger partial charge in [-0.15, -0.1) is 0 Å². The fourth-order valence-corrected chi connectivity index (χ4v) is 2.24. The molecule has 2 heteroatoms. The first-order valence-corrected chi connectivity index (χ1v) is 5.67. The van der Waals surface area contributed by atoms with Gasteiger partial charge in [-0.3, -0.25) is 0 Å². The van der Waals surface area contributed by atoms with Crippen molar-refractivity contribution in [2.75, 3.05) is 7.05 Å². The van der Waals surface area contributed by atoms with Crippen molar-refractivity contribution in [3.63, 3.8) is 0 Å². The van der Waals surface area contributed by atoms with Gasteiger partial charge < -0.3 is 10.1 Å². The van der Waals surface area contributed by atoms with Gasteiger partial charge in [0.25, 0.3) is 0 Å². The third kappa shape index (κ3) is 2.15. The van der Waals surface area contributed by atoms with Crippen LogP contribution in [0.4, 0.5) is 0 Å². The SMILES string of the molecule is CNC1CCc2cc(OC(C)C)ccc21. The minimum absolute atomic E-state index is 0.254. The highest BCUT2D eigenvalue weighted by Gasteiger charge is 2.21. The molecule has 0 saturated carbocycles. The molecule has 0 spiro atoms. The van der Waals surface area contributed by atoms with E-state index in [1.54, 1.807) is 0 Å². The number of fused-ring (bicyclic) bond motifs is 1. The summed E-state index contributed by atoms with van der Waals surface area (Å²) < 4.78 is 5.69. The molecule has 1 atom stereocenters. The molecular weight excluding hydrogens is 186 g/mol. The molecule has 1 aliphatic rings. The molecule has 0 radical (unpaired) electrons. The number of hydrogen-bond donors (Lipinski definition) is 1. The van der Waals surface area contributed by atoms with E-state index in [0.717, 1.165) is 12.2 Å². The maximum Gasteiger partial charge on any atom is 0.119 e. The van der Waals surface area contributed by atoms with E-state index in [-0.39, 0.29) is 6.10 Å². The highest BCUT2D eigenvalue weighted by molar-refractivity contribution is 5.40. The highest BCUT2D eigenvalue weighted by Crippen LogP contribution is 2.33. The monoisotopic (exact) mass is 205 g/mol. The maximum absolute atomic E-state index is 5.69. The third-order valence-corrected chi connectivity index (χ3v) is 2.91.